The van der Waals surface area contributed by atoms with Gasteiger partial charge in [-0.1, -0.05) is 0 Å². The number of nitrogens with one attached hydrogen (secondary N) is 3. The summed E-state index contributed by atoms with van der Waals surface area (Å²) in [5, 5.41) is 7.12. The average molecular weight is 478 g/mol. The van der Waals surface area contributed by atoms with Crippen molar-refractivity contribution in [3.05, 3.63) is 57.9 Å². The van der Waals surface area contributed by atoms with Crippen molar-refractivity contribution in [2.45, 2.75) is 6.92 Å². The van der Waals surface area contributed by atoms with E-state index in [1.54, 1.807) is 19.1 Å². The zero-order chi connectivity index (χ0) is 21.7. The molecule has 156 valence electrons. The lowest BCUT2D eigenvalue weighted by atomic mass is 10.1. The molecule has 2 aromatic rings. The molecule has 4 amide bonds. The minimum absolute atomic E-state index is 0.0988. The highest BCUT2D eigenvalue weighted by Crippen LogP contribution is 2.37. The minimum Gasteiger partial charge on any atom is -0.490 e. The Kier molecular flexibility index (Phi) is 6.68. The Morgan fingerprint density at radius 2 is 1.90 bits per heavy atom. The van der Waals surface area contributed by atoms with Gasteiger partial charge in [0.1, 0.15) is 11.5 Å². The van der Waals surface area contributed by atoms with Gasteiger partial charge in [-0.3, -0.25) is 14.9 Å². The van der Waals surface area contributed by atoms with Gasteiger partial charge in [-0.25, -0.2) is 9.18 Å². The maximum atomic E-state index is 13.0. The molecular formula is C20H17BrFN3O5. The fourth-order valence-corrected chi connectivity index (χ4v) is 3.17. The summed E-state index contributed by atoms with van der Waals surface area (Å²) < 4.78 is 24.6. The molecule has 0 atom stereocenters. The summed E-state index contributed by atoms with van der Waals surface area (Å²) in [6.07, 6.45) is 1.48. The molecule has 1 fully saturated rings. The van der Waals surface area contributed by atoms with Gasteiger partial charge in [0, 0.05) is 5.69 Å². The molecule has 30 heavy (non-hydrogen) atoms. The van der Waals surface area contributed by atoms with E-state index < -0.39 is 23.7 Å². The molecule has 10 heteroatoms. The molecule has 0 unspecified atom stereocenters. The van der Waals surface area contributed by atoms with Crippen LogP contribution in [0.4, 0.5) is 14.9 Å². The third-order valence-corrected chi connectivity index (χ3v) is 4.43. The molecule has 3 N–H and O–H groups in total. The van der Waals surface area contributed by atoms with E-state index in [4.69, 9.17) is 9.47 Å². The van der Waals surface area contributed by atoms with Crippen LogP contribution >= 0.6 is 15.9 Å². The molecular weight excluding hydrogens is 461 g/mol. The SMILES string of the molecule is CCOc1cc(/C=C2/NC(=O)NC2=O)cc(Br)c1OCC(=O)Nc1ccc(F)cc1. The monoisotopic (exact) mass is 477 g/mol. The van der Waals surface area contributed by atoms with E-state index in [1.165, 1.54) is 30.3 Å². The number of halogens is 2. The Balaban J connectivity index is 1.74. The van der Waals surface area contributed by atoms with Crippen molar-refractivity contribution in [1.29, 1.82) is 0 Å². The summed E-state index contributed by atoms with van der Waals surface area (Å²) in [5.74, 6) is -0.732. The van der Waals surface area contributed by atoms with E-state index in [0.717, 1.165) is 0 Å². The number of rotatable bonds is 7. The summed E-state index contributed by atoms with van der Waals surface area (Å²) in [7, 11) is 0. The van der Waals surface area contributed by atoms with Crippen molar-refractivity contribution in [1.82, 2.24) is 10.6 Å². The number of ether oxygens (including phenoxy) is 2. The lowest BCUT2D eigenvalue weighted by Crippen LogP contribution is -2.22. The number of urea groups is 1. The van der Waals surface area contributed by atoms with Crippen LogP contribution < -0.4 is 25.4 Å². The molecule has 0 spiro atoms. The van der Waals surface area contributed by atoms with Gasteiger partial charge in [-0.05, 0) is 70.9 Å². The van der Waals surface area contributed by atoms with Crippen molar-refractivity contribution in [3.63, 3.8) is 0 Å². The van der Waals surface area contributed by atoms with Crippen molar-refractivity contribution < 1.29 is 28.2 Å². The highest BCUT2D eigenvalue weighted by Gasteiger charge is 2.23. The van der Waals surface area contributed by atoms with Crippen molar-refractivity contribution in [2.24, 2.45) is 0 Å². The van der Waals surface area contributed by atoms with E-state index >= 15 is 0 Å². The van der Waals surface area contributed by atoms with Crippen LogP contribution in [0.1, 0.15) is 12.5 Å². The highest BCUT2D eigenvalue weighted by molar-refractivity contribution is 9.10. The van der Waals surface area contributed by atoms with Crippen LogP contribution in [-0.2, 0) is 9.59 Å². The van der Waals surface area contributed by atoms with E-state index in [2.05, 4.69) is 31.9 Å². The highest BCUT2D eigenvalue weighted by atomic mass is 79.9. The second-order valence-electron chi connectivity index (χ2n) is 6.07. The number of hydrogen-bond donors (Lipinski definition) is 3. The quantitative estimate of drug-likeness (QED) is 0.419. The molecule has 1 saturated heterocycles. The predicted octanol–water partition coefficient (Wildman–Crippen LogP) is 3.18. The van der Waals surface area contributed by atoms with Crippen molar-refractivity contribution in [3.8, 4) is 11.5 Å². The van der Waals surface area contributed by atoms with Crippen LogP contribution in [0, 0.1) is 5.82 Å². The Labute approximate surface area is 179 Å². The zero-order valence-corrected chi connectivity index (χ0v) is 17.3. The first kappa shape index (κ1) is 21.3. The fraction of sp³-hybridized carbons (Fsp3) is 0.150. The van der Waals surface area contributed by atoms with Crippen LogP contribution in [0.15, 0.2) is 46.6 Å². The van der Waals surface area contributed by atoms with Crippen molar-refractivity contribution >= 4 is 45.5 Å². The molecule has 1 aliphatic heterocycles. The second kappa shape index (κ2) is 9.40. The normalized spacial score (nSPS) is 14.3. The first-order valence-electron chi connectivity index (χ1n) is 8.84. The third kappa shape index (κ3) is 5.35. The van der Waals surface area contributed by atoms with Gasteiger partial charge >= 0.3 is 6.03 Å². The number of benzene rings is 2. The summed E-state index contributed by atoms with van der Waals surface area (Å²) in [5.41, 5.74) is 1.11. The molecule has 0 aliphatic carbocycles. The Morgan fingerprint density at radius 1 is 1.17 bits per heavy atom. The van der Waals surface area contributed by atoms with E-state index in [1.807, 2.05) is 0 Å². The van der Waals surface area contributed by atoms with E-state index in [9.17, 15) is 18.8 Å². The van der Waals surface area contributed by atoms with Gasteiger partial charge in [0.2, 0.25) is 0 Å². The van der Waals surface area contributed by atoms with Gasteiger partial charge in [0.15, 0.2) is 18.1 Å². The Hall–Kier alpha value is -3.40. The van der Waals surface area contributed by atoms with Gasteiger partial charge in [0.05, 0.1) is 11.1 Å². The first-order chi connectivity index (χ1) is 14.4. The second-order valence-corrected chi connectivity index (χ2v) is 6.93. The lowest BCUT2D eigenvalue weighted by Gasteiger charge is -2.15. The van der Waals surface area contributed by atoms with Crippen LogP contribution in [0.25, 0.3) is 6.08 Å². The maximum Gasteiger partial charge on any atom is 0.326 e. The van der Waals surface area contributed by atoms with E-state index in [0.29, 0.717) is 33.8 Å². The lowest BCUT2D eigenvalue weighted by molar-refractivity contribution is -0.118. The first-order valence-corrected chi connectivity index (χ1v) is 9.63. The standard InChI is InChI=1S/C20H17BrFN3O5/c1-2-29-16-9-11(8-15-19(27)25-20(28)24-15)7-14(21)18(16)30-10-17(26)23-13-5-3-12(22)4-6-13/h3-9H,2,10H2,1H3,(H,23,26)(H2,24,25,27,28)/b15-8+. The summed E-state index contributed by atoms with van der Waals surface area (Å²) in [6.45, 7) is 1.81. The number of imide groups is 1. The molecule has 0 saturated carbocycles. The molecule has 1 heterocycles. The molecule has 3 rings (SSSR count). The summed E-state index contributed by atoms with van der Waals surface area (Å²) >= 11 is 3.37. The van der Waals surface area contributed by atoms with E-state index in [-0.39, 0.29) is 12.3 Å². The summed E-state index contributed by atoms with van der Waals surface area (Å²) in [6, 6.07) is 8.03. The van der Waals surface area contributed by atoms with Gasteiger partial charge in [-0.2, -0.15) is 0 Å². The number of amides is 4. The van der Waals surface area contributed by atoms with Gasteiger partial charge in [-0.15, -0.1) is 0 Å². The number of hydrogen-bond acceptors (Lipinski definition) is 5. The van der Waals surface area contributed by atoms with Crippen molar-refractivity contribution in [2.75, 3.05) is 18.5 Å². The van der Waals surface area contributed by atoms with Crippen LogP contribution in [0.3, 0.4) is 0 Å². The van der Waals surface area contributed by atoms with Gasteiger partial charge < -0.3 is 20.1 Å². The molecule has 0 bridgehead atoms. The number of carbonyl (C=O) groups excluding carboxylic acids is 3. The summed E-state index contributed by atoms with van der Waals surface area (Å²) in [4.78, 5) is 35.1. The number of carbonyl (C=O) groups is 3. The Morgan fingerprint density at radius 3 is 2.53 bits per heavy atom. The Bertz CT molecular complexity index is 1020. The molecule has 1 aliphatic rings. The topological polar surface area (TPSA) is 106 Å². The number of anilines is 1. The fourth-order valence-electron chi connectivity index (χ4n) is 2.59. The molecule has 8 nitrogen and oxygen atoms in total. The molecule has 0 radical (unpaired) electrons. The predicted molar refractivity (Wildman–Crippen MR) is 110 cm³/mol. The zero-order valence-electron chi connectivity index (χ0n) is 15.8. The maximum absolute atomic E-state index is 13.0. The molecule has 0 aromatic heterocycles. The molecule has 2 aromatic carbocycles. The third-order valence-electron chi connectivity index (χ3n) is 3.84. The van der Waals surface area contributed by atoms with Crippen LogP contribution in [0.2, 0.25) is 0 Å². The average Bonchev–Trinajstić information content (AvgIpc) is 3.00. The minimum atomic E-state index is -0.595. The van der Waals surface area contributed by atoms with Crippen LogP contribution in [-0.4, -0.2) is 31.1 Å². The largest absolute Gasteiger partial charge is 0.490 e. The smallest absolute Gasteiger partial charge is 0.326 e. The van der Waals surface area contributed by atoms with Gasteiger partial charge in [0.25, 0.3) is 11.8 Å². The van der Waals surface area contributed by atoms with Crippen LogP contribution in [0.5, 0.6) is 11.5 Å².